The number of H-pyrrole nitrogens is 1. The lowest BCUT2D eigenvalue weighted by Crippen LogP contribution is -2.37. The number of anilines is 1. The molecule has 11 nitrogen and oxygen atoms in total. The van der Waals surface area contributed by atoms with Crippen molar-refractivity contribution in [3.63, 3.8) is 0 Å². The number of carbonyl (C=O) groups is 1. The third kappa shape index (κ3) is 3.76. The Labute approximate surface area is 220 Å². The Morgan fingerprint density at radius 3 is 2.47 bits per heavy atom. The molecule has 12 heteroatoms. The van der Waals surface area contributed by atoms with Crippen molar-refractivity contribution in [3.05, 3.63) is 77.4 Å². The normalized spacial score (nSPS) is 16.4. The quantitative estimate of drug-likeness (QED) is 0.284. The summed E-state index contributed by atoms with van der Waals surface area (Å²) in [6.45, 7) is 2.68. The number of hydrogen-bond donors (Lipinski definition) is 2. The molecule has 0 atom stereocenters. The van der Waals surface area contributed by atoms with Crippen molar-refractivity contribution >= 4 is 50.9 Å². The van der Waals surface area contributed by atoms with Gasteiger partial charge in [0.05, 0.1) is 26.9 Å². The van der Waals surface area contributed by atoms with Gasteiger partial charge in [-0.25, -0.2) is 9.59 Å². The molecule has 196 valence electrons. The molecule has 0 radical (unpaired) electrons. The van der Waals surface area contributed by atoms with Gasteiger partial charge < -0.3 is 19.6 Å². The minimum Gasteiger partial charge on any atom is -0.477 e. The first-order valence-corrected chi connectivity index (χ1v) is 12.8. The molecule has 1 aliphatic carbocycles. The maximum atomic E-state index is 13.0. The van der Waals surface area contributed by atoms with Gasteiger partial charge in [-0.3, -0.25) is 19.5 Å². The summed E-state index contributed by atoms with van der Waals surface area (Å²) in [5, 5.41) is 22.3. The van der Waals surface area contributed by atoms with Gasteiger partial charge in [-0.1, -0.05) is 11.6 Å². The Bertz CT molecular complexity index is 1780. The van der Waals surface area contributed by atoms with Gasteiger partial charge in [0, 0.05) is 48.0 Å². The number of rotatable bonds is 5. The number of nitrogens with one attached hydrogen (secondary N) is 1. The number of carboxylic acids is 1. The van der Waals surface area contributed by atoms with Gasteiger partial charge in [-0.15, -0.1) is 0 Å². The summed E-state index contributed by atoms with van der Waals surface area (Å²) in [5.74, 6) is -1.35. The number of hydrogen-bond acceptors (Lipinski definition) is 6. The number of aryl methyl sites for hydroxylation is 1. The zero-order valence-electron chi connectivity index (χ0n) is 20.4. The maximum absolute atomic E-state index is 13.0. The number of benzene rings is 2. The van der Waals surface area contributed by atoms with Crippen LogP contribution in [0.4, 0.5) is 11.4 Å². The highest BCUT2D eigenvalue weighted by molar-refractivity contribution is 6.31. The maximum Gasteiger partial charge on any atom is 0.341 e. The number of piperidine rings is 1. The Morgan fingerprint density at radius 1 is 1.13 bits per heavy atom. The monoisotopic (exact) mass is 537 g/mol. The van der Waals surface area contributed by atoms with E-state index < -0.39 is 21.9 Å². The fourth-order valence-electron chi connectivity index (χ4n) is 5.84. The van der Waals surface area contributed by atoms with Gasteiger partial charge in [0.2, 0.25) is 5.43 Å². The van der Waals surface area contributed by atoms with Crippen LogP contribution in [0.5, 0.6) is 0 Å². The molecule has 1 saturated heterocycles. The minimum atomic E-state index is -1.35. The number of fused-ring (bicyclic) bond motifs is 2. The SMILES string of the molecule is Cc1c(N2CCC(n3c(=O)[nH]c4cc(Cl)ccc43)CC2)c([N+](=O)[O-])cc2c(=O)c(C(=O)O)cn(C3CC3)c12. The first kappa shape index (κ1) is 24.2. The van der Waals surface area contributed by atoms with Crippen molar-refractivity contribution in [3.8, 4) is 0 Å². The molecule has 0 bridgehead atoms. The molecule has 0 amide bonds. The molecule has 0 unspecified atom stereocenters. The van der Waals surface area contributed by atoms with Crippen molar-refractivity contribution < 1.29 is 14.8 Å². The summed E-state index contributed by atoms with van der Waals surface area (Å²) in [6.07, 6.45) is 4.22. The molecule has 6 rings (SSSR count). The number of aromatic nitrogens is 3. The summed E-state index contributed by atoms with van der Waals surface area (Å²) in [5.41, 5.74) is 1.39. The van der Waals surface area contributed by atoms with Crippen LogP contribution >= 0.6 is 11.6 Å². The van der Waals surface area contributed by atoms with Gasteiger partial charge in [0.1, 0.15) is 11.3 Å². The Hall–Kier alpha value is -4.12. The van der Waals surface area contributed by atoms with E-state index >= 15 is 0 Å². The predicted octanol–water partition coefficient (Wildman–Crippen LogP) is 4.39. The second kappa shape index (κ2) is 8.73. The van der Waals surface area contributed by atoms with E-state index in [-0.39, 0.29) is 28.8 Å². The van der Waals surface area contributed by atoms with Gasteiger partial charge in [0.15, 0.2) is 0 Å². The van der Waals surface area contributed by atoms with Crippen LogP contribution in [0.2, 0.25) is 5.02 Å². The number of aromatic amines is 1. The lowest BCUT2D eigenvalue weighted by Gasteiger charge is -2.35. The summed E-state index contributed by atoms with van der Waals surface area (Å²) in [7, 11) is 0. The number of carboxylic acid groups (broad SMARTS) is 1. The number of pyridine rings is 1. The second-order valence-electron chi connectivity index (χ2n) is 10.0. The summed E-state index contributed by atoms with van der Waals surface area (Å²) >= 11 is 6.07. The third-order valence-electron chi connectivity index (χ3n) is 7.70. The Kier molecular flexibility index (Phi) is 5.56. The fourth-order valence-corrected chi connectivity index (χ4v) is 6.01. The van der Waals surface area contributed by atoms with E-state index in [2.05, 4.69) is 4.98 Å². The topological polar surface area (TPSA) is 143 Å². The van der Waals surface area contributed by atoms with Gasteiger partial charge in [0.25, 0.3) is 5.69 Å². The lowest BCUT2D eigenvalue weighted by atomic mass is 9.99. The second-order valence-corrected chi connectivity index (χ2v) is 10.5. The first-order chi connectivity index (χ1) is 18.2. The number of aromatic carboxylic acids is 1. The number of imidazole rings is 1. The van der Waals surface area contributed by atoms with Crippen LogP contribution in [0.15, 0.2) is 40.1 Å². The molecule has 2 aliphatic rings. The van der Waals surface area contributed by atoms with E-state index in [9.17, 15) is 29.6 Å². The van der Waals surface area contributed by atoms with E-state index in [0.29, 0.717) is 53.2 Å². The highest BCUT2D eigenvalue weighted by Crippen LogP contribution is 2.43. The van der Waals surface area contributed by atoms with E-state index in [1.165, 1.54) is 12.3 Å². The van der Waals surface area contributed by atoms with Crippen molar-refractivity contribution in [2.45, 2.75) is 44.7 Å². The predicted molar refractivity (Wildman–Crippen MR) is 143 cm³/mol. The van der Waals surface area contributed by atoms with E-state index in [4.69, 9.17) is 11.6 Å². The van der Waals surface area contributed by atoms with Gasteiger partial charge >= 0.3 is 11.7 Å². The molecule has 1 aliphatic heterocycles. The molecular weight excluding hydrogens is 514 g/mol. The average molecular weight is 538 g/mol. The number of halogens is 1. The molecule has 1 saturated carbocycles. The van der Waals surface area contributed by atoms with Crippen molar-refractivity contribution in [1.82, 2.24) is 14.1 Å². The van der Waals surface area contributed by atoms with E-state index in [1.807, 2.05) is 11.0 Å². The first-order valence-electron chi connectivity index (χ1n) is 12.4. The van der Waals surface area contributed by atoms with E-state index in [0.717, 1.165) is 18.4 Å². The number of nitro benzene ring substituents is 1. The van der Waals surface area contributed by atoms with Gasteiger partial charge in [-0.2, -0.15) is 0 Å². The molecule has 38 heavy (non-hydrogen) atoms. The number of nitro groups is 1. The van der Waals surface area contributed by atoms with Crippen LogP contribution in [0, 0.1) is 17.0 Å². The van der Waals surface area contributed by atoms with Crippen molar-refractivity contribution in [2.75, 3.05) is 18.0 Å². The summed E-state index contributed by atoms with van der Waals surface area (Å²) in [4.78, 5) is 54.0. The molecule has 3 heterocycles. The Morgan fingerprint density at radius 2 is 1.84 bits per heavy atom. The van der Waals surface area contributed by atoms with Crippen LogP contribution in [-0.2, 0) is 0 Å². The lowest BCUT2D eigenvalue weighted by molar-refractivity contribution is -0.384. The molecule has 2 aromatic heterocycles. The molecule has 0 spiro atoms. The fraction of sp³-hybridized carbons (Fsp3) is 0.346. The van der Waals surface area contributed by atoms with Crippen molar-refractivity contribution in [1.29, 1.82) is 0 Å². The summed E-state index contributed by atoms with van der Waals surface area (Å²) in [6, 6.07) is 6.43. The van der Waals surface area contributed by atoms with Crippen LogP contribution in [0.3, 0.4) is 0 Å². The summed E-state index contributed by atoms with van der Waals surface area (Å²) < 4.78 is 3.52. The van der Waals surface area contributed by atoms with Crippen molar-refractivity contribution in [2.24, 2.45) is 0 Å². The molecule has 2 N–H and O–H groups in total. The largest absolute Gasteiger partial charge is 0.477 e. The van der Waals surface area contributed by atoms with Crippen LogP contribution < -0.4 is 16.0 Å². The molecule has 2 fully saturated rings. The highest BCUT2D eigenvalue weighted by Gasteiger charge is 2.33. The third-order valence-corrected chi connectivity index (χ3v) is 7.93. The van der Waals surface area contributed by atoms with Gasteiger partial charge in [-0.05, 0) is 50.8 Å². The smallest absolute Gasteiger partial charge is 0.341 e. The Balaban J connectivity index is 1.43. The zero-order valence-corrected chi connectivity index (χ0v) is 21.2. The van der Waals surface area contributed by atoms with E-state index in [1.54, 1.807) is 28.2 Å². The van der Waals surface area contributed by atoms with Crippen LogP contribution in [0.25, 0.3) is 21.9 Å². The minimum absolute atomic E-state index is 0.0450. The standard InChI is InChI=1S/C26H24ClN5O6/c1-13-22-17(24(33)18(25(34)35)12-30(22)15-3-4-15)11-21(32(37)38)23(13)29-8-6-16(7-9-29)31-20-5-2-14(27)10-19(20)28-26(31)36/h2,5,10-12,15-16H,3-4,6-9H2,1H3,(H,28,36)(H,34,35). The molecule has 4 aromatic rings. The molecular formula is C26H24ClN5O6. The van der Waals surface area contributed by atoms with Crippen LogP contribution in [-0.4, -0.2) is 43.2 Å². The average Bonchev–Trinajstić information content (AvgIpc) is 3.66. The zero-order chi connectivity index (χ0) is 26.9. The molecule has 2 aromatic carbocycles. The number of nitrogens with zero attached hydrogens (tertiary/aromatic N) is 4. The van der Waals surface area contributed by atoms with Crippen LogP contribution in [0.1, 0.15) is 53.7 Å². The highest BCUT2D eigenvalue weighted by atomic mass is 35.5.